The SMILES string of the molecule is O=C(CCSCc1nc2sc3c(c2c(=O)[nH]1)CCC3)N1CCN(C2CCCC2)CC1. The van der Waals surface area contributed by atoms with Crippen LogP contribution in [0.25, 0.3) is 10.2 Å². The topological polar surface area (TPSA) is 69.3 Å². The molecule has 0 unspecified atom stereocenters. The highest BCUT2D eigenvalue weighted by Crippen LogP contribution is 2.34. The maximum Gasteiger partial charge on any atom is 0.259 e. The Labute approximate surface area is 185 Å². The number of carbonyl (C=O) groups is 1. The van der Waals surface area contributed by atoms with Gasteiger partial charge in [-0.05, 0) is 37.7 Å². The third-order valence-corrected chi connectivity index (χ3v) is 8.99. The Balaban J connectivity index is 1.08. The number of H-pyrrole nitrogens is 1. The first-order valence-corrected chi connectivity index (χ1v) is 13.3. The first-order chi connectivity index (χ1) is 14.7. The summed E-state index contributed by atoms with van der Waals surface area (Å²) in [6.45, 7) is 3.79. The molecule has 2 aliphatic carbocycles. The summed E-state index contributed by atoms with van der Waals surface area (Å²) in [6, 6.07) is 0.759. The molecule has 2 aromatic rings. The third-order valence-electron chi connectivity index (χ3n) is 6.83. The van der Waals surface area contributed by atoms with Gasteiger partial charge in [-0.2, -0.15) is 11.8 Å². The standard InChI is InChI=1S/C22H30N4O2S2/c27-19(26-11-9-25(10-12-26)15-4-1-2-5-15)8-13-29-14-18-23-21(28)20-16-6-3-7-17(16)30-22(20)24-18/h15H,1-14H2,(H,23,24,28). The first-order valence-electron chi connectivity index (χ1n) is 11.3. The molecule has 0 aromatic carbocycles. The van der Waals surface area contributed by atoms with Crippen molar-refractivity contribution in [3.8, 4) is 0 Å². The molecule has 5 rings (SSSR count). The number of aromatic nitrogens is 2. The minimum atomic E-state index is 0.00575. The predicted molar refractivity (Wildman–Crippen MR) is 123 cm³/mol. The summed E-state index contributed by atoms with van der Waals surface area (Å²) in [5.74, 6) is 2.41. The predicted octanol–water partition coefficient (Wildman–Crippen LogP) is 3.18. The first kappa shape index (κ1) is 20.5. The Morgan fingerprint density at radius 2 is 1.93 bits per heavy atom. The zero-order chi connectivity index (χ0) is 20.5. The normalized spacial score (nSPS) is 20.3. The van der Waals surface area contributed by atoms with Crippen molar-refractivity contribution in [3.63, 3.8) is 0 Å². The van der Waals surface area contributed by atoms with Crippen LogP contribution in [0.4, 0.5) is 0 Å². The second-order valence-electron chi connectivity index (χ2n) is 8.71. The summed E-state index contributed by atoms with van der Waals surface area (Å²) in [5, 5.41) is 0.813. The van der Waals surface area contributed by atoms with E-state index in [1.165, 1.54) is 36.1 Å². The van der Waals surface area contributed by atoms with Crippen molar-refractivity contribution >= 4 is 39.2 Å². The summed E-state index contributed by atoms with van der Waals surface area (Å²) >= 11 is 3.36. The molecule has 0 atom stereocenters. The van der Waals surface area contributed by atoms with Crippen LogP contribution in [0.2, 0.25) is 0 Å². The Morgan fingerprint density at radius 3 is 2.73 bits per heavy atom. The summed E-state index contributed by atoms with van der Waals surface area (Å²) in [5.41, 5.74) is 1.23. The lowest BCUT2D eigenvalue weighted by Gasteiger charge is -2.38. The number of aryl methyl sites for hydroxylation is 2. The molecule has 6 nitrogen and oxygen atoms in total. The van der Waals surface area contributed by atoms with Crippen molar-refractivity contribution in [1.82, 2.24) is 19.8 Å². The van der Waals surface area contributed by atoms with Gasteiger partial charge in [0.2, 0.25) is 5.91 Å². The van der Waals surface area contributed by atoms with Gasteiger partial charge in [0, 0.05) is 49.3 Å². The number of rotatable bonds is 6. The van der Waals surface area contributed by atoms with E-state index in [0.717, 1.165) is 73.3 Å². The zero-order valence-corrected chi connectivity index (χ0v) is 19.1. The molecule has 1 saturated carbocycles. The second-order valence-corrected chi connectivity index (χ2v) is 10.9. The van der Waals surface area contributed by atoms with Gasteiger partial charge in [-0.3, -0.25) is 14.5 Å². The molecule has 3 heterocycles. The maximum atomic E-state index is 12.6. The van der Waals surface area contributed by atoms with Gasteiger partial charge >= 0.3 is 0 Å². The number of aromatic amines is 1. The highest BCUT2D eigenvalue weighted by atomic mass is 32.2. The van der Waals surface area contributed by atoms with E-state index in [4.69, 9.17) is 4.98 Å². The molecule has 1 saturated heterocycles. The molecule has 162 valence electrons. The molecule has 2 aromatic heterocycles. The van der Waals surface area contributed by atoms with Crippen molar-refractivity contribution in [2.75, 3.05) is 31.9 Å². The van der Waals surface area contributed by atoms with Crippen LogP contribution in [0.15, 0.2) is 4.79 Å². The fraction of sp³-hybridized carbons (Fsp3) is 0.682. The minimum absolute atomic E-state index is 0.00575. The van der Waals surface area contributed by atoms with Gasteiger partial charge in [-0.15, -0.1) is 11.3 Å². The summed E-state index contributed by atoms with van der Waals surface area (Å²) < 4.78 is 0. The van der Waals surface area contributed by atoms with E-state index in [2.05, 4.69) is 9.88 Å². The van der Waals surface area contributed by atoms with Gasteiger partial charge in [-0.25, -0.2) is 4.98 Å². The zero-order valence-electron chi connectivity index (χ0n) is 17.5. The molecular weight excluding hydrogens is 416 g/mol. The van der Waals surface area contributed by atoms with Crippen molar-refractivity contribution in [2.24, 2.45) is 0 Å². The molecule has 1 aliphatic heterocycles. The Morgan fingerprint density at radius 1 is 1.13 bits per heavy atom. The highest BCUT2D eigenvalue weighted by molar-refractivity contribution is 7.98. The lowest BCUT2D eigenvalue weighted by atomic mass is 10.2. The van der Waals surface area contributed by atoms with E-state index in [9.17, 15) is 9.59 Å². The second kappa shape index (κ2) is 9.01. The number of piperazine rings is 1. The van der Waals surface area contributed by atoms with Crippen molar-refractivity contribution < 1.29 is 4.79 Å². The monoisotopic (exact) mass is 446 g/mol. The number of hydrogen-bond acceptors (Lipinski definition) is 6. The smallest absolute Gasteiger partial charge is 0.259 e. The van der Waals surface area contributed by atoms with E-state index in [0.29, 0.717) is 12.2 Å². The van der Waals surface area contributed by atoms with E-state index in [1.54, 1.807) is 23.1 Å². The number of hydrogen-bond donors (Lipinski definition) is 1. The quantitative estimate of drug-likeness (QED) is 0.690. The van der Waals surface area contributed by atoms with E-state index in [1.807, 2.05) is 4.90 Å². The van der Waals surface area contributed by atoms with Crippen LogP contribution >= 0.6 is 23.1 Å². The number of thiophene rings is 1. The Bertz CT molecular complexity index is 971. The maximum absolute atomic E-state index is 12.6. The number of nitrogens with zero attached hydrogens (tertiary/aromatic N) is 3. The molecule has 3 aliphatic rings. The van der Waals surface area contributed by atoms with Gasteiger partial charge in [0.25, 0.3) is 5.56 Å². The van der Waals surface area contributed by atoms with Crippen LogP contribution in [0, 0.1) is 0 Å². The van der Waals surface area contributed by atoms with E-state index < -0.39 is 0 Å². The van der Waals surface area contributed by atoms with Gasteiger partial charge in [0.05, 0.1) is 11.1 Å². The van der Waals surface area contributed by atoms with Crippen LogP contribution in [0.1, 0.15) is 54.8 Å². The average molecular weight is 447 g/mol. The highest BCUT2D eigenvalue weighted by Gasteiger charge is 2.27. The molecular formula is C22H30N4O2S2. The Hall–Kier alpha value is -1.38. The largest absolute Gasteiger partial charge is 0.340 e. The van der Waals surface area contributed by atoms with Crippen molar-refractivity contribution in [1.29, 1.82) is 0 Å². The molecule has 0 spiro atoms. The van der Waals surface area contributed by atoms with E-state index >= 15 is 0 Å². The van der Waals surface area contributed by atoms with Crippen LogP contribution in [-0.4, -0.2) is 63.6 Å². The van der Waals surface area contributed by atoms with Crippen LogP contribution < -0.4 is 5.56 Å². The lowest BCUT2D eigenvalue weighted by molar-refractivity contribution is -0.132. The van der Waals surface area contributed by atoms with Gasteiger partial charge in [0.1, 0.15) is 10.7 Å². The number of carbonyl (C=O) groups excluding carboxylic acids is 1. The van der Waals surface area contributed by atoms with Crippen molar-refractivity contribution in [2.45, 2.75) is 63.2 Å². The minimum Gasteiger partial charge on any atom is -0.340 e. The number of nitrogens with one attached hydrogen (secondary N) is 1. The van der Waals surface area contributed by atoms with E-state index in [-0.39, 0.29) is 11.5 Å². The molecule has 1 N–H and O–H groups in total. The summed E-state index contributed by atoms with van der Waals surface area (Å²) in [6.07, 6.45) is 9.20. The summed E-state index contributed by atoms with van der Waals surface area (Å²) in [7, 11) is 0. The lowest BCUT2D eigenvalue weighted by Crippen LogP contribution is -2.51. The summed E-state index contributed by atoms with van der Waals surface area (Å²) in [4.78, 5) is 39.6. The number of amides is 1. The van der Waals surface area contributed by atoms with Crippen LogP contribution in [0.3, 0.4) is 0 Å². The fourth-order valence-electron chi connectivity index (χ4n) is 5.21. The number of thioether (sulfide) groups is 1. The fourth-order valence-corrected chi connectivity index (χ4v) is 7.28. The number of fused-ring (bicyclic) bond motifs is 3. The van der Waals surface area contributed by atoms with Crippen molar-refractivity contribution in [3.05, 3.63) is 26.6 Å². The molecule has 2 fully saturated rings. The van der Waals surface area contributed by atoms with Crippen LogP contribution in [-0.2, 0) is 23.4 Å². The molecule has 8 heteroatoms. The van der Waals surface area contributed by atoms with Gasteiger partial charge in [0.15, 0.2) is 0 Å². The Kier molecular flexibility index (Phi) is 6.16. The van der Waals surface area contributed by atoms with Crippen LogP contribution in [0.5, 0.6) is 0 Å². The average Bonchev–Trinajstić information content (AvgIpc) is 3.48. The van der Waals surface area contributed by atoms with Gasteiger partial charge in [-0.1, -0.05) is 12.8 Å². The molecule has 0 radical (unpaired) electrons. The molecule has 1 amide bonds. The molecule has 30 heavy (non-hydrogen) atoms. The molecule has 0 bridgehead atoms. The third kappa shape index (κ3) is 4.18. The van der Waals surface area contributed by atoms with Gasteiger partial charge < -0.3 is 9.88 Å².